The molecule has 1 saturated carbocycles. The number of aryl methyl sites for hydroxylation is 1. The van der Waals surface area contributed by atoms with Crippen molar-refractivity contribution in [3.8, 4) is 0 Å². The Hall–Kier alpha value is -3.05. The van der Waals surface area contributed by atoms with E-state index in [1.54, 1.807) is 0 Å². The average Bonchev–Trinajstić information content (AvgIpc) is 3.00. The van der Waals surface area contributed by atoms with Crippen molar-refractivity contribution in [1.29, 1.82) is 0 Å². The van der Waals surface area contributed by atoms with Crippen LogP contribution in [-0.2, 0) is 9.53 Å². The van der Waals surface area contributed by atoms with Gasteiger partial charge in [0.05, 0.1) is 22.4 Å². The third kappa shape index (κ3) is 6.45. The van der Waals surface area contributed by atoms with Gasteiger partial charge in [0, 0.05) is 31.2 Å². The van der Waals surface area contributed by atoms with Crippen LogP contribution in [-0.4, -0.2) is 47.4 Å². The van der Waals surface area contributed by atoms with E-state index in [2.05, 4.69) is 27.3 Å². The molecular formula is C25H32ClF2N7O2. The van der Waals surface area contributed by atoms with E-state index in [-0.39, 0.29) is 34.6 Å². The molecule has 1 aromatic carbocycles. The van der Waals surface area contributed by atoms with Gasteiger partial charge in [0.15, 0.2) is 5.82 Å². The van der Waals surface area contributed by atoms with Crippen molar-refractivity contribution in [2.45, 2.75) is 64.0 Å². The topological polar surface area (TPSA) is 119 Å². The van der Waals surface area contributed by atoms with E-state index in [9.17, 15) is 13.6 Å². The van der Waals surface area contributed by atoms with Crippen LogP contribution >= 0.6 is 11.6 Å². The first-order valence-corrected chi connectivity index (χ1v) is 12.8. The van der Waals surface area contributed by atoms with E-state index < -0.39 is 11.6 Å². The molecule has 1 atom stereocenters. The third-order valence-corrected chi connectivity index (χ3v) is 7.20. The number of rotatable bonds is 6. The number of primary amides is 1. The minimum atomic E-state index is -0.838. The Morgan fingerprint density at radius 2 is 1.97 bits per heavy atom. The summed E-state index contributed by atoms with van der Waals surface area (Å²) in [6.07, 6.45) is 5.11. The zero-order valence-corrected chi connectivity index (χ0v) is 21.5. The Morgan fingerprint density at radius 1 is 1.22 bits per heavy atom. The number of aliphatic imine (C=N–C) groups is 2. The Balaban J connectivity index is 1.69. The van der Waals surface area contributed by atoms with Gasteiger partial charge in [-0.05, 0) is 64.7 Å². The Labute approximate surface area is 219 Å². The van der Waals surface area contributed by atoms with Crippen molar-refractivity contribution < 1.29 is 18.3 Å². The number of ether oxygens (including phenoxy) is 1. The first-order valence-electron chi connectivity index (χ1n) is 12.5. The number of hydrogen-bond acceptors (Lipinski definition) is 5. The molecule has 1 aliphatic carbocycles. The van der Waals surface area contributed by atoms with Crippen LogP contribution in [0.2, 0.25) is 5.02 Å². The Morgan fingerprint density at radius 3 is 2.65 bits per heavy atom. The van der Waals surface area contributed by atoms with Gasteiger partial charge in [-0.15, -0.1) is 0 Å². The Bertz CT molecular complexity index is 1150. The lowest BCUT2D eigenvalue weighted by molar-refractivity contribution is -0.122. The number of nitrogens with one attached hydrogen (secondary N) is 2. The van der Waals surface area contributed by atoms with Crippen LogP contribution < -0.4 is 16.4 Å². The van der Waals surface area contributed by atoms with Gasteiger partial charge in [0.25, 0.3) is 0 Å². The lowest BCUT2D eigenvalue weighted by Crippen LogP contribution is -2.29. The fraction of sp³-hybridized carbons (Fsp3) is 0.520. The molecule has 4 N–H and O–H groups in total. The van der Waals surface area contributed by atoms with E-state index in [1.807, 2.05) is 11.5 Å². The molecule has 1 saturated heterocycles. The van der Waals surface area contributed by atoms with Crippen LogP contribution in [0.4, 0.5) is 26.2 Å². The summed E-state index contributed by atoms with van der Waals surface area (Å²) in [5.74, 6) is -0.839. The number of benzene rings is 1. The number of carbonyl (C=O) groups is 1. The molecule has 0 radical (unpaired) electrons. The number of halogens is 3. The minimum absolute atomic E-state index is 0.0443. The molecule has 1 aliphatic heterocycles. The summed E-state index contributed by atoms with van der Waals surface area (Å²) in [5, 5.41) is 6.12. The summed E-state index contributed by atoms with van der Waals surface area (Å²) >= 11 is 6.15. The predicted molar refractivity (Wildman–Crippen MR) is 141 cm³/mol. The molecule has 1 unspecified atom stereocenters. The molecule has 1 amide bonds. The van der Waals surface area contributed by atoms with Crippen molar-refractivity contribution in [3.63, 3.8) is 0 Å². The van der Waals surface area contributed by atoms with Crippen molar-refractivity contribution >= 4 is 47.6 Å². The summed E-state index contributed by atoms with van der Waals surface area (Å²) < 4.78 is 35.7. The van der Waals surface area contributed by atoms with E-state index >= 15 is 0 Å². The molecule has 2 heterocycles. The fourth-order valence-corrected chi connectivity index (χ4v) is 5.18. The number of carbonyl (C=O) groups excluding carboxylic acids is 1. The van der Waals surface area contributed by atoms with Gasteiger partial charge in [-0.3, -0.25) is 9.36 Å². The number of amides is 1. The maximum Gasteiger partial charge on any atom is 0.223 e. The van der Waals surface area contributed by atoms with Gasteiger partial charge in [0.2, 0.25) is 17.8 Å². The predicted octanol–water partition coefficient (Wildman–Crippen LogP) is 5.12. The average molecular weight is 536 g/mol. The molecule has 0 bridgehead atoms. The van der Waals surface area contributed by atoms with E-state index in [1.165, 1.54) is 0 Å². The maximum absolute atomic E-state index is 14.6. The van der Waals surface area contributed by atoms with Crippen LogP contribution in [0.3, 0.4) is 0 Å². The van der Waals surface area contributed by atoms with Crippen molar-refractivity contribution in [2.24, 2.45) is 21.6 Å². The van der Waals surface area contributed by atoms with Gasteiger partial charge in [-0.1, -0.05) is 11.6 Å². The highest BCUT2D eigenvalue weighted by atomic mass is 35.5. The number of anilines is 3. The lowest BCUT2D eigenvalue weighted by atomic mass is 9.85. The van der Waals surface area contributed by atoms with E-state index in [0.717, 1.165) is 31.4 Å². The van der Waals surface area contributed by atoms with Gasteiger partial charge in [-0.25, -0.2) is 23.7 Å². The van der Waals surface area contributed by atoms with Crippen LogP contribution in [0, 0.1) is 24.5 Å². The molecule has 4 rings (SSSR count). The van der Waals surface area contributed by atoms with Crippen LogP contribution in [0.15, 0.2) is 22.1 Å². The molecule has 9 nitrogen and oxygen atoms in total. The van der Waals surface area contributed by atoms with Crippen LogP contribution in [0.1, 0.15) is 56.7 Å². The summed E-state index contributed by atoms with van der Waals surface area (Å²) in [7, 11) is 0. The van der Waals surface area contributed by atoms with Gasteiger partial charge >= 0.3 is 0 Å². The van der Waals surface area contributed by atoms with E-state index in [0.29, 0.717) is 62.3 Å². The van der Waals surface area contributed by atoms with Crippen LogP contribution in [0.5, 0.6) is 0 Å². The SMILES string of the molecule is C=NC(=NC1CCCOCC1)Nc1c(C)nc(Nc2c(F)cc(F)cc2Cl)n1C1CCC(C(N)=O)CC1. The molecule has 2 aromatic rings. The zero-order valence-electron chi connectivity index (χ0n) is 20.8. The summed E-state index contributed by atoms with van der Waals surface area (Å²) in [6.45, 7) is 6.84. The Kier molecular flexibility index (Phi) is 8.75. The number of hydrogen-bond donors (Lipinski definition) is 3. The van der Waals surface area contributed by atoms with Gasteiger partial charge in [-0.2, -0.15) is 0 Å². The highest BCUT2D eigenvalue weighted by molar-refractivity contribution is 6.33. The molecule has 200 valence electrons. The monoisotopic (exact) mass is 535 g/mol. The molecule has 2 aliphatic rings. The third-order valence-electron chi connectivity index (χ3n) is 6.90. The lowest BCUT2D eigenvalue weighted by Gasteiger charge is -2.30. The standard InChI is InChI=1S/C25H32ClF2N7O2/c1-14-23(34-24(30-2)32-17-4-3-10-37-11-9-17)35(18-7-5-15(6-8-18)22(29)36)25(31-14)33-21-19(26)12-16(27)13-20(21)28/h12-13,15,17-18H,2-11H2,1H3,(H2,29,36)(H,31,33)(H,32,34). The van der Waals surface area contributed by atoms with E-state index in [4.69, 9.17) is 27.1 Å². The molecule has 12 heteroatoms. The maximum atomic E-state index is 14.6. The first-order chi connectivity index (χ1) is 17.8. The van der Waals surface area contributed by atoms with Crippen molar-refractivity contribution in [3.05, 3.63) is 34.5 Å². The minimum Gasteiger partial charge on any atom is -0.381 e. The fourth-order valence-electron chi connectivity index (χ4n) is 4.94. The zero-order chi connectivity index (χ0) is 26.5. The summed E-state index contributed by atoms with van der Waals surface area (Å²) in [4.78, 5) is 25.2. The molecule has 2 fully saturated rings. The highest BCUT2D eigenvalue weighted by Gasteiger charge is 2.30. The quantitative estimate of drug-likeness (QED) is 0.350. The molecule has 37 heavy (non-hydrogen) atoms. The molecule has 1 aromatic heterocycles. The van der Waals surface area contributed by atoms with Gasteiger partial charge < -0.3 is 21.1 Å². The number of guanidine groups is 1. The summed E-state index contributed by atoms with van der Waals surface area (Å²) in [5.41, 5.74) is 6.06. The molecule has 0 spiro atoms. The second-order valence-electron chi connectivity index (χ2n) is 9.45. The highest BCUT2D eigenvalue weighted by Crippen LogP contribution is 2.39. The number of nitrogens with two attached hydrogens (primary N) is 1. The first kappa shape index (κ1) is 27.0. The normalized spacial score (nSPS) is 22.8. The second kappa shape index (κ2) is 12.0. The molecular weight excluding hydrogens is 504 g/mol. The largest absolute Gasteiger partial charge is 0.381 e. The van der Waals surface area contributed by atoms with Gasteiger partial charge in [0.1, 0.15) is 11.6 Å². The number of imidazole rings is 1. The van der Waals surface area contributed by atoms with Crippen LogP contribution in [0.25, 0.3) is 0 Å². The number of aromatic nitrogens is 2. The second-order valence-corrected chi connectivity index (χ2v) is 9.86. The van der Waals surface area contributed by atoms with Crippen molar-refractivity contribution in [1.82, 2.24) is 9.55 Å². The number of nitrogens with zero attached hydrogens (tertiary/aromatic N) is 4. The van der Waals surface area contributed by atoms with Crippen molar-refractivity contribution in [2.75, 3.05) is 23.8 Å². The smallest absolute Gasteiger partial charge is 0.223 e. The summed E-state index contributed by atoms with van der Waals surface area (Å²) in [6, 6.07) is 1.76.